The molecule has 0 aliphatic carbocycles. The van der Waals surface area contributed by atoms with E-state index in [1.807, 2.05) is 0 Å². The van der Waals surface area contributed by atoms with E-state index in [0.717, 1.165) is 6.42 Å². The molecule has 1 aromatic heterocycles. The summed E-state index contributed by atoms with van der Waals surface area (Å²) in [6, 6.07) is 1.30. The number of carbonyl (C=O) groups excluding carboxylic acids is 1. The second-order valence-electron chi connectivity index (χ2n) is 5.93. The summed E-state index contributed by atoms with van der Waals surface area (Å²) in [5.41, 5.74) is 0.0900. The summed E-state index contributed by atoms with van der Waals surface area (Å²) >= 11 is 0. The van der Waals surface area contributed by atoms with Gasteiger partial charge in [-0.1, -0.05) is 25.9 Å². The summed E-state index contributed by atoms with van der Waals surface area (Å²) in [6.45, 7) is 6.20. The molecule has 0 amide bonds. The summed E-state index contributed by atoms with van der Waals surface area (Å²) < 4.78 is 33.2. The highest BCUT2D eigenvalue weighted by Crippen LogP contribution is 2.21. The van der Waals surface area contributed by atoms with Crippen LogP contribution in [0.1, 0.15) is 49.9 Å². The molecule has 0 aliphatic heterocycles. The van der Waals surface area contributed by atoms with Gasteiger partial charge in [0.2, 0.25) is 0 Å². The van der Waals surface area contributed by atoms with Gasteiger partial charge in [0, 0.05) is 6.07 Å². The molecule has 20 heavy (non-hydrogen) atoms. The Bertz CT molecular complexity index is 554. The second kappa shape index (κ2) is 6.39. The van der Waals surface area contributed by atoms with Crippen LogP contribution in [0.5, 0.6) is 0 Å². The van der Waals surface area contributed by atoms with E-state index in [1.165, 1.54) is 13.2 Å². The quantitative estimate of drug-likeness (QED) is 0.749. The first-order valence-electron chi connectivity index (χ1n) is 6.37. The Labute approximate surface area is 119 Å². The van der Waals surface area contributed by atoms with Crippen LogP contribution in [0.15, 0.2) is 10.6 Å². The number of nitrogens with zero attached hydrogens (tertiary/aromatic N) is 1. The average molecular weight is 303 g/mol. The van der Waals surface area contributed by atoms with E-state index in [9.17, 15) is 13.2 Å². The molecule has 0 N–H and O–H groups in total. The number of aromatic nitrogens is 1. The van der Waals surface area contributed by atoms with Crippen molar-refractivity contribution in [2.45, 2.75) is 39.4 Å². The predicted octanol–water partition coefficient (Wildman–Crippen LogP) is 2.20. The van der Waals surface area contributed by atoms with Gasteiger partial charge in [0.05, 0.1) is 12.9 Å². The molecule has 0 spiro atoms. The lowest BCUT2D eigenvalue weighted by Crippen LogP contribution is -2.12. The Morgan fingerprint density at radius 1 is 1.40 bits per heavy atom. The normalized spacial score (nSPS) is 12.4. The number of ether oxygens (including phenoxy) is 1. The fraction of sp³-hybridized carbons (Fsp3) is 0.692. The smallest absolute Gasteiger partial charge is 0.360 e. The molecule has 0 atom stereocenters. The van der Waals surface area contributed by atoms with Crippen LogP contribution < -0.4 is 0 Å². The molecular formula is C13H21NO5S. The topological polar surface area (TPSA) is 86.5 Å². The van der Waals surface area contributed by atoms with Crippen molar-refractivity contribution < 1.29 is 22.5 Å². The summed E-state index contributed by atoms with van der Waals surface area (Å²) in [4.78, 5) is 11.2. The van der Waals surface area contributed by atoms with Gasteiger partial charge in [0.25, 0.3) is 0 Å². The molecule has 0 saturated carbocycles. The van der Waals surface area contributed by atoms with E-state index in [0.29, 0.717) is 6.42 Å². The highest BCUT2D eigenvalue weighted by molar-refractivity contribution is 7.90. The first-order chi connectivity index (χ1) is 9.13. The van der Waals surface area contributed by atoms with Crippen LogP contribution in [0.25, 0.3) is 0 Å². The number of sulfone groups is 1. The molecule has 7 heteroatoms. The van der Waals surface area contributed by atoms with Crippen LogP contribution in [0.4, 0.5) is 0 Å². The fourth-order valence-electron chi connectivity index (χ4n) is 1.69. The van der Waals surface area contributed by atoms with Crippen molar-refractivity contribution in [2.24, 2.45) is 5.41 Å². The van der Waals surface area contributed by atoms with E-state index in [2.05, 4.69) is 30.7 Å². The van der Waals surface area contributed by atoms with Gasteiger partial charge in [0.1, 0.15) is 5.75 Å². The minimum Gasteiger partial charge on any atom is -0.464 e. The lowest BCUT2D eigenvalue weighted by molar-refractivity contribution is 0.0589. The highest BCUT2D eigenvalue weighted by Gasteiger charge is 2.20. The standard InChI is InChI=1S/C13H21NO5S/c1-13(2,3)6-5-7-20(16,17)9-10-8-11(14-19-10)12(15)18-4/h8H,5-7,9H2,1-4H3. The lowest BCUT2D eigenvalue weighted by Gasteiger charge is -2.17. The number of rotatable bonds is 6. The molecule has 0 aliphatic rings. The molecule has 0 unspecified atom stereocenters. The summed E-state index contributed by atoms with van der Waals surface area (Å²) in [7, 11) is -2.04. The molecule has 114 valence electrons. The van der Waals surface area contributed by atoms with Gasteiger partial charge in [-0.15, -0.1) is 0 Å². The van der Waals surface area contributed by atoms with Crippen molar-refractivity contribution in [3.63, 3.8) is 0 Å². The van der Waals surface area contributed by atoms with Crippen LogP contribution in [0.2, 0.25) is 0 Å². The summed E-state index contributed by atoms with van der Waals surface area (Å²) in [5.74, 6) is -0.647. The number of hydrogen-bond donors (Lipinski definition) is 0. The molecule has 0 aromatic carbocycles. The predicted molar refractivity (Wildman–Crippen MR) is 74.0 cm³/mol. The third-order valence-corrected chi connectivity index (χ3v) is 4.33. The highest BCUT2D eigenvalue weighted by atomic mass is 32.2. The van der Waals surface area contributed by atoms with Crippen LogP contribution in [-0.2, 0) is 20.3 Å². The van der Waals surface area contributed by atoms with Gasteiger partial charge in [-0.3, -0.25) is 0 Å². The van der Waals surface area contributed by atoms with Crippen molar-refractivity contribution in [3.05, 3.63) is 17.5 Å². The zero-order valence-electron chi connectivity index (χ0n) is 12.3. The first-order valence-corrected chi connectivity index (χ1v) is 8.19. The van der Waals surface area contributed by atoms with E-state index in [1.54, 1.807) is 0 Å². The molecule has 0 fully saturated rings. The Hall–Kier alpha value is -1.37. The SMILES string of the molecule is COC(=O)c1cc(CS(=O)(=O)CCCC(C)(C)C)on1. The largest absolute Gasteiger partial charge is 0.464 e. The van der Waals surface area contributed by atoms with Gasteiger partial charge in [-0.25, -0.2) is 13.2 Å². The van der Waals surface area contributed by atoms with Gasteiger partial charge in [-0.2, -0.15) is 0 Å². The van der Waals surface area contributed by atoms with Crippen molar-refractivity contribution in [1.29, 1.82) is 0 Å². The van der Waals surface area contributed by atoms with Crippen molar-refractivity contribution in [1.82, 2.24) is 5.16 Å². The molecule has 0 bridgehead atoms. The lowest BCUT2D eigenvalue weighted by atomic mass is 9.91. The van der Waals surface area contributed by atoms with Gasteiger partial charge < -0.3 is 9.26 Å². The fourth-order valence-corrected chi connectivity index (χ4v) is 2.99. The minimum atomic E-state index is -3.26. The van der Waals surface area contributed by atoms with E-state index in [4.69, 9.17) is 4.52 Å². The maximum atomic E-state index is 11.9. The zero-order chi connectivity index (χ0) is 15.4. The molecule has 6 nitrogen and oxygen atoms in total. The first kappa shape index (κ1) is 16.7. The molecule has 0 radical (unpaired) electrons. The summed E-state index contributed by atoms with van der Waals surface area (Å²) in [5, 5.41) is 3.48. The Morgan fingerprint density at radius 3 is 2.60 bits per heavy atom. The van der Waals surface area contributed by atoms with Crippen LogP contribution in [-0.4, -0.2) is 32.4 Å². The van der Waals surface area contributed by atoms with E-state index < -0.39 is 15.8 Å². The molecule has 1 rings (SSSR count). The third kappa shape index (κ3) is 5.73. The summed E-state index contributed by atoms with van der Waals surface area (Å²) in [6.07, 6.45) is 1.43. The Kier molecular flexibility index (Phi) is 5.33. The zero-order valence-corrected chi connectivity index (χ0v) is 13.1. The van der Waals surface area contributed by atoms with Gasteiger partial charge in [0.15, 0.2) is 21.3 Å². The Balaban J connectivity index is 2.58. The third-order valence-electron chi connectivity index (χ3n) is 2.70. The van der Waals surface area contributed by atoms with Gasteiger partial charge >= 0.3 is 5.97 Å². The van der Waals surface area contributed by atoms with Gasteiger partial charge in [-0.05, 0) is 18.3 Å². The second-order valence-corrected chi connectivity index (χ2v) is 8.11. The molecule has 1 aromatic rings. The van der Waals surface area contributed by atoms with E-state index >= 15 is 0 Å². The van der Waals surface area contributed by atoms with E-state index in [-0.39, 0.29) is 28.4 Å². The number of carbonyl (C=O) groups is 1. The molecule has 1 heterocycles. The van der Waals surface area contributed by atoms with Crippen LogP contribution in [0, 0.1) is 5.41 Å². The number of esters is 1. The minimum absolute atomic E-state index is 0.0209. The number of hydrogen-bond acceptors (Lipinski definition) is 6. The van der Waals surface area contributed by atoms with Crippen molar-refractivity contribution in [3.8, 4) is 0 Å². The number of methoxy groups -OCH3 is 1. The Morgan fingerprint density at radius 2 is 2.05 bits per heavy atom. The molecule has 0 saturated heterocycles. The monoisotopic (exact) mass is 303 g/mol. The van der Waals surface area contributed by atoms with Crippen molar-refractivity contribution in [2.75, 3.05) is 12.9 Å². The van der Waals surface area contributed by atoms with Crippen LogP contribution in [0.3, 0.4) is 0 Å². The van der Waals surface area contributed by atoms with Crippen LogP contribution >= 0.6 is 0 Å². The average Bonchev–Trinajstić information content (AvgIpc) is 2.73. The maximum absolute atomic E-state index is 11.9. The van der Waals surface area contributed by atoms with Crippen molar-refractivity contribution >= 4 is 15.8 Å². The maximum Gasteiger partial charge on any atom is 0.360 e. The molecular weight excluding hydrogens is 282 g/mol.